The van der Waals surface area contributed by atoms with Crippen molar-refractivity contribution in [3.8, 4) is 11.8 Å². The number of hydrogen-bond donors (Lipinski definition) is 1. The van der Waals surface area contributed by atoms with Gasteiger partial charge in [-0.25, -0.2) is 0 Å². The van der Waals surface area contributed by atoms with Gasteiger partial charge in [0.25, 0.3) is 5.91 Å². The molecule has 1 aromatic heterocycles. The highest BCUT2D eigenvalue weighted by molar-refractivity contribution is 9.10. The average molecular weight is 489 g/mol. The molecule has 0 aliphatic heterocycles. The minimum absolute atomic E-state index is 0.00224. The number of anilines is 1. The van der Waals surface area contributed by atoms with Crippen molar-refractivity contribution in [2.45, 2.75) is 13.8 Å². The molecule has 0 spiro atoms. The molecule has 0 atom stereocenters. The predicted octanol–water partition coefficient (Wildman–Crippen LogP) is 6.71. The minimum atomic E-state index is -0.476. The summed E-state index contributed by atoms with van der Waals surface area (Å²) in [5.41, 5.74) is 3.84. The number of nitriles is 1. The molecule has 7 heteroatoms. The molecular formula is C22H16BrCl2N3O. The molecule has 0 unspecified atom stereocenters. The minimum Gasteiger partial charge on any atom is -0.321 e. The second kappa shape index (κ2) is 8.87. The van der Waals surface area contributed by atoms with Crippen molar-refractivity contribution in [1.82, 2.24) is 4.57 Å². The van der Waals surface area contributed by atoms with E-state index in [0.717, 1.165) is 27.1 Å². The Kier molecular flexibility index (Phi) is 6.49. The van der Waals surface area contributed by atoms with E-state index in [1.54, 1.807) is 30.3 Å². The van der Waals surface area contributed by atoms with Crippen molar-refractivity contribution in [1.29, 1.82) is 5.26 Å². The average Bonchev–Trinajstić information content (AvgIpc) is 2.95. The maximum atomic E-state index is 12.6. The van der Waals surface area contributed by atoms with Gasteiger partial charge in [0.05, 0.1) is 15.7 Å². The summed E-state index contributed by atoms with van der Waals surface area (Å²) in [5, 5.41) is 13.2. The number of nitrogens with zero attached hydrogens (tertiary/aromatic N) is 2. The number of carbonyl (C=O) groups is 1. The molecule has 29 heavy (non-hydrogen) atoms. The second-order valence-corrected chi connectivity index (χ2v) is 8.07. The number of carbonyl (C=O) groups excluding carboxylic acids is 1. The van der Waals surface area contributed by atoms with E-state index in [0.29, 0.717) is 15.7 Å². The number of hydrogen-bond acceptors (Lipinski definition) is 2. The van der Waals surface area contributed by atoms with Crippen LogP contribution in [0.3, 0.4) is 0 Å². The molecule has 0 saturated carbocycles. The monoisotopic (exact) mass is 487 g/mol. The van der Waals surface area contributed by atoms with Crippen LogP contribution >= 0.6 is 39.1 Å². The van der Waals surface area contributed by atoms with E-state index in [1.165, 1.54) is 0 Å². The van der Waals surface area contributed by atoms with E-state index in [4.69, 9.17) is 23.2 Å². The van der Waals surface area contributed by atoms with E-state index >= 15 is 0 Å². The molecule has 0 saturated heterocycles. The van der Waals surface area contributed by atoms with Gasteiger partial charge in [-0.05, 0) is 61.9 Å². The van der Waals surface area contributed by atoms with E-state index < -0.39 is 5.91 Å². The first-order chi connectivity index (χ1) is 13.8. The lowest BCUT2D eigenvalue weighted by molar-refractivity contribution is -0.112. The van der Waals surface area contributed by atoms with E-state index in [2.05, 4.69) is 21.2 Å². The molecule has 0 radical (unpaired) electrons. The fourth-order valence-corrected chi connectivity index (χ4v) is 3.82. The van der Waals surface area contributed by atoms with Crippen LogP contribution in [0.25, 0.3) is 11.8 Å². The Hall–Kier alpha value is -2.52. The zero-order valence-corrected chi connectivity index (χ0v) is 18.7. The molecule has 1 N–H and O–H groups in total. The van der Waals surface area contributed by atoms with Crippen LogP contribution in [0.1, 0.15) is 17.0 Å². The molecule has 0 aliphatic carbocycles. The first-order valence-corrected chi connectivity index (χ1v) is 10.2. The van der Waals surface area contributed by atoms with Gasteiger partial charge in [-0.15, -0.1) is 0 Å². The van der Waals surface area contributed by atoms with Crippen LogP contribution in [0.15, 0.2) is 58.6 Å². The van der Waals surface area contributed by atoms with E-state index in [-0.39, 0.29) is 5.57 Å². The van der Waals surface area contributed by atoms with Crippen molar-refractivity contribution in [3.05, 3.63) is 85.6 Å². The molecule has 0 aliphatic rings. The number of amides is 1. The fourth-order valence-electron chi connectivity index (χ4n) is 3.04. The highest BCUT2D eigenvalue weighted by Crippen LogP contribution is 2.32. The zero-order chi connectivity index (χ0) is 21.1. The number of halogens is 3. The van der Waals surface area contributed by atoms with Gasteiger partial charge >= 0.3 is 0 Å². The quantitative estimate of drug-likeness (QED) is 0.327. The van der Waals surface area contributed by atoms with Gasteiger partial charge in [-0.2, -0.15) is 5.26 Å². The Morgan fingerprint density at radius 3 is 2.59 bits per heavy atom. The summed E-state index contributed by atoms with van der Waals surface area (Å²) in [7, 11) is 0. The van der Waals surface area contributed by atoms with Crippen molar-refractivity contribution in [3.63, 3.8) is 0 Å². The molecule has 2 aromatic carbocycles. The number of rotatable bonds is 4. The Morgan fingerprint density at radius 2 is 1.90 bits per heavy atom. The largest absolute Gasteiger partial charge is 0.321 e. The third kappa shape index (κ3) is 4.56. The predicted molar refractivity (Wildman–Crippen MR) is 122 cm³/mol. The Balaban J connectivity index is 1.98. The molecule has 3 aromatic rings. The maximum Gasteiger partial charge on any atom is 0.266 e. The third-order valence-corrected chi connectivity index (χ3v) is 5.69. The van der Waals surface area contributed by atoms with Gasteiger partial charge in [0.1, 0.15) is 11.6 Å². The van der Waals surface area contributed by atoms with Gasteiger partial charge in [-0.3, -0.25) is 4.79 Å². The standard InChI is InChI=1S/C22H16BrCl2N3O/c1-13-9-15(14(2)28(13)20-8-4-7-19(24)21(20)25)10-16(12-26)22(29)27-18-6-3-5-17(23)11-18/h3-11H,1-2H3,(H,27,29)/b16-10-. The van der Waals surface area contributed by atoms with E-state index in [9.17, 15) is 10.1 Å². The van der Waals surface area contributed by atoms with Gasteiger partial charge < -0.3 is 9.88 Å². The summed E-state index contributed by atoms with van der Waals surface area (Å²) in [5.74, 6) is -0.476. The molecule has 0 fully saturated rings. The molecule has 0 bridgehead atoms. The molecule has 146 valence electrons. The van der Waals surface area contributed by atoms with Crippen LogP contribution in [-0.4, -0.2) is 10.5 Å². The lowest BCUT2D eigenvalue weighted by Gasteiger charge is -2.12. The highest BCUT2D eigenvalue weighted by Gasteiger charge is 2.16. The fraction of sp³-hybridized carbons (Fsp3) is 0.0909. The molecule has 1 heterocycles. The van der Waals surface area contributed by atoms with Crippen molar-refractivity contribution < 1.29 is 4.79 Å². The summed E-state index contributed by atoms with van der Waals surface area (Å²) in [6.45, 7) is 3.83. The number of benzene rings is 2. The zero-order valence-electron chi connectivity index (χ0n) is 15.6. The normalized spacial score (nSPS) is 11.2. The van der Waals surface area contributed by atoms with Crippen LogP contribution in [-0.2, 0) is 4.79 Å². The molecular weight excluding hydrogens is 473 g/mol. The maximum absolute atomic E-state index is 12.6. The SMILES string of the molecule is Cc1cc(/C=C(/C#N)C(=O)Nc2cccc(Br)c2)c(C)n1-c1cccc(Cl)c1Cl. The lowest BCUT2D eigenvalue weighted by atomic mass is 10.1. The first-order valence-electron chi connectivity index (χ1n) is 8.64. The summed E-state index contributed by atoms with van der Waals surface area (Å²) < 4.78 is 2.78. The van der Waals surface area contributed by atoms with Gasteiger partial charge in [0.2, 0.25) is 0 Å². The summed E-state index contributed by atoms with van der Waals surface area (Å²) in [6.07, 6.45) is 1.57. The van der Waals surface area contributed by atoms with Gasteiger partial charge in [0, 0.05) is 21.5 Å². The van der Waals surface area contributed by atoms with E-state index in [1.807, 2.05) is 48.7 Å². The van der Waals surface area contributed by atoms with Crippen LogP contribution in [0.2, 0.25) is 10.0 Å². The second-order valence-electron chi connectivity index (χ2n) is 6.37. The molecule has 3 rings (SSSR count). The summed E-state index contributed by atoms with van der Waals surface area (Å²) >= 11 is 15.9. The van der Waals surface area contributed by atoms with Crippen LogP contribution in [0.4, 0.5) is 5.69 Å². The van der Waals surface area contributed by atoms with Crippen molar-refractivity contribution in [2.24, 2.45) is 0 Å². The van der Waals surface area contributed by atoms with Crippen molar-refractivity contribution >= 4 is 56.8 Å². The van der Waals surface area contributed by atoms with Gasteiger partial charge in [-0.1, -0.05) is 51.3 Å². The lowest BCUT2D eigenvalue weighted by Crippen LogP contribution is -2.13. The molecule has 4 nitrogen and oxygen atoms in total. The van der Waals surface area contributed by atoms with Crippen LogP contribution < -0.4 is 5.32 Å². The van der Waals surface area contributed by atoms with Gasteiger partial charge in [0.15, 0.2) is 0 Å². The summed E-state index contributed by atoms with van der Waals surface area (Å²) in [4.78, 5) is 12.6. The van der Waals surface area contributed by atoms with Crippen LogP contribution in [0, 0.1) is 25.2 Å². The first kappa shape index (κ1) is 21.2. The number of aromatic nitrogens is 1. The van der Waals surface area contributed by atoms with Crippen molar-refractivity contribution in [2.75, 3.05) is 5.32 Å². The smallest absolute Gasteiger partial charge is 0.266 e. The highest BCUT2D eigenvalue weighted by atomic mass is 79.9. The topological polar surface area (TPSA) is 57.8 Å². The Bertz CT molecular complexity index is 1180. The van der Waals surface area contributed by atoms with Crippen LogP contribution in [0.5, 0.6) is 0 Å². The summed E-state index contributed by atoms with van der Waals surface area (Å²) in [6, 6.07) is 16.5. The molecule has 1 amide bonds. The Morgan fingerprint density at radius 1 is 1.17 bits per heavy atom. The number of nitrogens with one attached hydrogen (secondary N) is 1. The number of aryl methyl sites for hydroxylation is 1. The Labute approximate surface area is 187 Å². The third-order valence-electron chi connectivity index (χ3n) is 4.39.